The number of alkyl halides is 1. The standard InChI is InChI=1S/C24H26Cl2N2O4/c25-13-22(29)28(14-16-6-11-20-21(12-16)32-15-31-20)23(17-7-9-18(26)10-8-17)24(30)27-19-4-2-1-3-5-19/h6-12,19,23H,1-5,13-15H2,(H,27,30). The summed E-state index contributed by atoms with van der Waals surface area (Å²) in [5, 5.41) is 3.73. The number of hydrogen-bond acceptors (Lipinski definition) is 4. The Balaban J connectivity index is 1.64. The lowest BCUT2D eigenvalue weighted by atomic mass is 9.94. The molecule has 2 aromatic rings. The molecule has 8 heteroatoms. The van der Waals surface area contributed by atoms with Crippen LogP contribution in [0.25, 0.3) is 0 Å². The van der Waals surface area contributed by atoms with Crippen LogP contribution in [-0.4, -0.2) is 35.4 Å². The Morgan fingerprint density at radius 2 is 1.75 bits per heavy atom. The second kappa shape index (κ2) is 10.5. The second-order valence-corrected chi connectivity index (χ2v) is 8.84. The lowest BCUT2D eigenvalue weighted by Crippen LogP contribution is -2.47. The van der Waals surface area contributed by atoms with Crippen LogP contribution >= 0.6 is 23.2 Å². The second-order valence-electron chi connectivity index (χ2n) is 8.14. The van der Waals surface area contributed by atoms with Gasteiger partial charge in [-0.05, 0) is 48.2 Å². The summed E-state index contributed by atoms with van der Waals surface area (Å²) in [6.07, 6.45) is 5.28. The Bertz CT molecular complexity index is 961. The van der Waals surface area contributed by atoms with Crippen LogP contribution in [0, 0.1) is 0 Å². The maximum absolute atomic E-state index is 13.5. The predicted molar refractivity (Wildman–Crippen MR) is 123 cm³/mol. The molecule has 1 N–H and O–H groups in total. The number of carbonyl (C=O) groups is 2. The molecule has 1 saturated carbocycles. The average Bonchev–Trinajstić information content (AvgIpc) is 3.28. The van der Waals surface area contributed by atoms with Gasteiger partial charge in [-0.2, -0.15) is 0 Å². The molecule has 2 aromatic carbocycles. The van der Waals surface area contributed by atoms with Crippen LogP contribution in [0.3, 0.4) is 0 Å². The summed E-state index contributed by atoms with van der Waals surface area (Å²) in [7, 11) is 0. The number of nitrogens with zero attached hydrogens (tertiary/aromatic N) is 1. The van der Waals surface area contributed by atoms with Crippen LogP contribution in [0.15, 0.2) is 42.5 Å². The molecule has 4 rings (SSSR count). The summed E-state index contributed by atoms with van der Waals surface area (Å²) in [5.41, 5.74) is 1.50. The number of carbonyl (C=O) groups excluding carboxylic acids is 2. The molecule has 2 amide bonds. The molecule has 0 aromatic heterocycles. The van der Waals surface area contributed by atoms with Gasteiger partial charge < -0.3 is 19.7 Å². The summed E-state index contributed by atoms with van der Waals surface area (Å²) in [6.45, 7) is 0.369. The van der Waals surface area contributed by atoms with E-state index in [1.165, 1.54) is 11.3 Å². The summed E-state index contributed by atoms with van der Waals surface area (Å²) < 4.78 is 10.8. The highest BCUT2D eigenvalue weighted by molar-refractivity contribution is 6.30. The van der Waals surface area contributed by atoms with Crippen molar-refractivity contribution in [2.75, 3.05) is 12.7 Å². The van der Waals surface area contributed by atoms with Crippen LogP contribution in [0.4, 0.5) is 0 Å². The maximum atomic E-state index is 13.5. The molecule has 0 radical (unpaired) electrons. The first kappa shape index (κ1) is 22.7. The van der Waals surface area contributed by atoms with E-state index in [1.54, 1.807) is 30.3 Å². The van der Waals surface area contributed by atoms with E-state index >= 15 is 0 Å². The van der Waals surface area contributed by atoms with Gasteiger partial charge in [-0.15, -0.1) is 11.6 Å². The van der Waals surface area contributed by atoms with E-state index in [2.05, 4.69) is 5.32 Å². The monoisotopic (exact) mass is 476 g/mol. The van der Waals surface area contributed by atoms with E-state index < -0.39 is 6.04 Å². The van der Waals surface area contributed by atoms with E-state index in [1.807, 2.05) is 12.1 Å². The fourth-order valence-electron chi connectivity index (χ4n) is 4.28. The van der Waals surface area contributed by atoms with Crippen molar-refractivity contribution < 1.29 is 19.1 Å². The molecule has 32 heavy (non-hydrogen) atoms. The Hall–Kier alpha value is -2.44. The largest absolute Gasteiger partial charge is 0.454 e. The minimum Gasteiger partial charge on any atom is -0.454 e. The maximum Gasteiger partial charge on any atom is 0.247 e. The Kier molecular flexibility index (Phi) is 7.43. The minimum atomic E-state index is -0.828. The van der Waals surface area contributed by atoms with Crippen LogP contribution in [0.1, 0.15) is 49.3 Å². The molecule has 0 saturated heterocycles. The molecule has 0 bridgehead atoms. The molecule has 1 aliphatic carbocycles. The predicted octanol–water partition coefficient (Wildman–Crippen LogP) is 4.83. The summed E-state index contributed by atoms with van der Waals surface area (Å²) >= 11 is 12.0. The Morgan fingerprint density at radius 3 is 2.47 bits per heavy atom. The number of rotatable bonds is 7. The quantitative estimate of drug-likeness (QED) is 0.581. The number of benzene rings is 2. The SMILES string of the molecule is O=C(NC1CCCCC1)C(c1ccc(Cl)cc1)N(Cc1ccc2c(c1)OCO2)C(=O)CCl. The van der Waals surface area contributed by atoms with Crippen molar-refractivity contribution in [2.24, 2.45) is 0 Å². The van der Waals surface area contributed by atoms with Crippen LogP contribution in [0.2, 0.25) is 5.02 Å². The van der Waals surface area contributed by atoms with Gasteiger partial charge >= 0.3 is 0 Å². The molecule has 6 nitrogen and oxygen atoms in total. The zero-order valence-electron chi connectivity index (χ0n) is 17.7. The molecule has 2 aliphatic rings. The van der Waals surface area contributed by atoms with Gasteiger partial charge in [0.05, 0.1) is 0 Å². The zero-order chi connectivity index (χ0) is 22.5. The first-order valence-corrected chi connectivity index (χ1v) is 11.8. The lowest BCUT2D eigenvalue weighted by molar-refractivity contribution is -0.140. The number of ether oxygens (including phenoxy) is 2. The van der Waals surface area contributed by atoms with E-state index in [-0.39, 0.29) is 37.1 Å². The van der Waals surface area contributed by atoms with Crippen molar-refractivity contribution >= 4 is 35.0 Å². The number of nitrogens with one attached hydrogen (secondary N) is 1. The van der Waals surface area contributed by atoms with E-state index in [4.69, 9.17) is 32.7 Å². The van der Waals surface area contributed by atoms with Crippen molar-refractivity contribution in [3.8, 4) is 11.5 Å². The van der Waals surface area contributed by atoms with Crippen molar-refractivity contribution in [1.82, 2.24) is 10.2 Å². The Labute approximate surface area is 197 Å². The normalized spacial score (nSPS) is 16.4. The Morgan fingerprint density at radius 1 is 1.03 bits per heavy atom. The van der Waals surface area contributed by atoms with Crippen LogP contribution in [-0.2, 0) is 16.1 Å². The van der Waals surface area contributed by atoms with Gasteiger partial charge in [-0.1, -0.05) is 49.1 Å². The average molecular weight is 477 g/mol. The highest BCUT2D eigenvalue weighted by atomic mass is 35.5. The van der Waals surface area contributed by atoms with Crippen molar-refractivity contribution in [3.05, 3.63) is 58.6 Å². The molecule has 1 fully saturated rings. The van der Waals surface area contributed by atoms with E-state index in [0.717, 1.165) is 31.2 Å². The fraction of sp³-hybridized carbons (Fsp3) is 0.417. The van der Waals surface area contributed by atoms with Crippen LogP contribution in [0.5, 0.6) is 11.5 Å². The topological polar surface area (TPSA) is 67.9 Å². The molecule has 1 aliphatic heterocycles. The molecule has 1 unspecified atom stereocenters. The van der Waals surface area contributed by atoms with Crippen molar-refractivity contribution in [2.45, 2.75) is 50.7 Å². The highest BCUT2D eigenvalue weighted by Crippen LogP contribution is 2.34. The van der Waals surface area contributed by atoms with Crippen molar-refractivity contribution in [1.29, 1.82) is 0 Å². The van der Waals surface area contributed by atoms with Gasteiger partial charge in [0.15, 0.2) is 11.5 Å². The smallest absolute Gasteiger partial charge is 0.247 e. The third-order valence-electron chi connectivity index (χ3n) is 5.92. The number of hydrogen-bond donors (Lipinski definition) is 1. The molecular weight excluding hydrogens is 451 g/mol. The van der Waals surface area contributed by atoms with Gasteiger partial charge in [-0.25, -0.2) is 0 Å². The van der Waals surface area contributed by atoms with E-state index in [9.17, 15) is 9.59 Å². The summed E-state index contributed by atoms with van der Waals surface area (Å²) in [4.78, 5) is 28.0. The van der Waals surface area contributed by atoms with Gasteiger partial charge in [-0.3, -0.25) is 9.59 Å². The zero-order valence-corrected chi connectivity index (χ0v) is 19.2. The van der Waals surface area contributed by atoms with E-state index in [0.29, 0.717) is 22.1 Å². The van der Waals surface area contributed by atoms with Gasteiger partial charge in [0.1, 0.15) is 11.9 Å². The van der Waals surface area contributed by atoms with Gasteiger partial charge in [0.2, 0.25) is 18.6 Å². The third-order valence-corrected chi connectivity index (χ3v) is 6.40. The number of halogens is 2. The summed E-state index contributed by atoms with van der Waals surface area (Å²) in [6, 6.07) is 11.8. The number of fused-ring (bicyclic) bond motifs is 1. The fourth-order valence-corrected chi connectivity index (χ4v) is 4.56. The third kappa shape index (κ3) is 5.30. The molecule has 1 heterocycles. The lowest BCUT2D eigenvalue weighted by Gasteiger charge is -2.33. The summed E-state index contributed by atoms with van der Waals surface area (Å²) in [5.74, 6) is 0.510. The van der Waals surface area contributed by atoms with Gasteiger partial charge in [0, 0.05) is 17.6 Å². The first-order chi connectivity index (χ1) is 15.5. The number of amides is 2. The van der Waals surface area contributed by atoms with Crippen molar-refractivity contribution in [3.63, 3.8) is 0 Å². The minimum absolute atomic E-state index is 0.115. The van der Waals surface area contributed by atoms with Crippen LogP contribution < -0.4 is 14.8 Å². The molecule has 0 spiro atoms. The van der Waals surface area contributed by atoms with Gasteiger partial charge in [0.25, 0.3) is 0 Å². The molecule has 170 valence electrons. The first-order valence-electron chi connectivity index (χ1n) is 10.8. The highest BCUT2D eigenvalue weighted by Gasteiger charge is 2.33. The molecule has 1 atom stereocenters. The molecular formula is C24H26Cl2N2O4.